The molecule has 1 atom stereocenters. The monoisotopic (exact) mass is 465 g/mol. The standard InChI is InChI=1S/C29H31N5O/c1-19-7-8-23(17-20(19)2)26-18-27-28(30-13-16-34(27)32-26)33-14-11-22(12-15-33)29(35)31-25-10-9-21-5-3-4-6-24(21)25/h3-8,13,16-18,22,25H,9-12,14-15H2,1-2H3,(H,31,35). The molecular weight excluding hydrogens is 434 g/mol. The Morgan fingerprint density at radius 1 is 1.00 bits per heavy atom. The molecule has 3 heterocycles. The first-order valence-electron chi connectivity index (χ1n) is 12.6. The Hall–Kier alpha value is -3.67. The fraction of sp³-hybridized carbons (Fsp3) is 0.345. The fourth-order valence-electron chi connectivity index (χ4n) is 5.54. The zero-order chi connectivity index (χ0) is 23.9. The van der Waals surface area contributed by atoms with Crippen molar-refractivity contribution in [2.45, 2.75) is 45.6 Å². The van der Waals surface area contributed by atoms with Gasteiger partial charge in [0.05, 0.1) is 11.7 Å². The molecule has 2 aliphatic rings. The number of hydrogen-bond acceptors (Lipinski definition) is 4. The van der Waals surface area contributed by atoms with Gasteiger partial charge in [0.25, 0.3) is 0 Å². The van der Waals surface area contributed by atoms with Gasteiger partial charge in [0, 0.05) is 37.0 Å². The van der Waals surface area contributed by atoms with Gasteiger partial charge in [-0.3, -0.25) is 4.79 Å². The van der Waals surface area contributed by atoms with Gasteiger partial charge >= 0.3 is 0 Å². The van der Waals surface area contributed by atoms with E-state index in [9.17, 15) is 4.79 Å². The highest BCUT2D eigenvalue weighted by Gasteiger charge is 2.30. The maximum absolute atomic E-state index is 13.1. The summed E-state index contributed by atoms with van der Waals surface area (Å²) in [6, 6.07) is 17.2. The van der Waals surface area contributed by atoms with Crippen LogP contribution in [0.2, 0.25) is 0 Å². The van der Waals surface area contributed by atoms with Gasteiger partial charge < -0.3 is 10.2 Å². The molecule has 0 spiro atoms. The van der Waals surface area contributed by atoms with E-state index in [1.165, 1.54) is 22.3 Å². The van der Waals surface area contributed by atoms with Gasteiger partial charge in [-0.2, -0.15) is 5.10 Å². The van der Waals surface area contributed by atoms with Crippen LogP contribution in [-0.2, 0) is 11.2 Å². The number of anilines is 1. The zero-order valence-corrected chi connectivity index (χ0v) is 20.4. The van der Waals surface area contributed by atoms with Gasteiger partial charge in [-0.15, -0.1) is 0 Å². The van der Waals surface area contributed by atoms with E-state index in [0.29, 0.717) is 0 Å². The van der Waals surface area contributed by atoms with Gasteiger partial charge in [-0.25, -0.2) is 9.50 Å². The molecule has 6 nitrogen and oxygen atoms in total. The van der Waals surface area contributed by atoms with E-state index in [1.54, 1.807) is 0 Å². The summed E-state index contributed by atoms with van der Waals surface area (Å²) in [5, 5.41) is 8.15. The van der Waals surface area contributed by atoms with Crippen molar-refractivity contribution in [3.63, 3.8) is 0 Å². The molecule has 178 valence electrons. The Kier molecular flexibility index (Phi) is 5.51. The average molecular weight is 466 g/mol. The summed E-state index contributed by atoms with van der Waals surface area (Å²) in [6.45, 7) is 5.89. The third-order valence-electron chi connectivity index (χ3n) is 7.79. The van der Waals surface area contributed by atoms with E-state index >= 15 is 0 Å². The number of piperidine rings is 1. The van der Waals surface area contributed by atoms with Crippen LogP contribution in [0.25, 0.3) is 16.8 Å². The smallest absolute Gasteiger partial charge is 0.223 e. The van der Waals surface area contributed by atoms with Crippen LogP contribution in [0.3, 0.4) is 0 Å². The van der Waals surface area contributed by atoms with Gasteiger partial charge in [0.1, 0.15) is 5.52 Å². The van der Waals surface area contributed by atoms with Crippen LogP contribution in [0.15, 0.2) is 60.9 Å². The lowest BCUT2D eigenvalue weighted by Crippen LogP contribution is -2.41. The van der Waals surface area contributed by atoms with Gasteiger partial charge in [-0.05, 0) is 73.9 Å². The quantitative estimate of drug-likeness (QED) is 0.459. The third-order valence-corrected chi connectivity index (χ3v) is 7.79. The molecule has 2 aromatic heterocycles. The third kappa shape index (κ3) is 4.07. The maximum Gasteiger partial charge on any atom is 0.223 e. The molecular formula is C29H31N5O. The minimum atomic E-state index is 0.0507. The second-order valence-electron chi connectivity index (χ2n) is 9.97. The normalized spacial score (nSPS) is 18.1. The molecule has 1 fully saturated rings. The van der Waals surface area contributed by atoms with Crippen molar-refractivity contribution in [2.24, 2.45) is 5.92 Å². The van der Waals surface area contributed by atoms with Crippen molar-refractivity contribution in [1.82, 2.24) is 19.9 Å². The lowest BCUT2D eigenvalue weighted by molar-refractivity contribution is -0.126. The number of aryl methyl sites for hydroxylation is 3. The minimum Gasteiger partial charge on any atom is -0.355 e. The highest BCUT2D eigenvalue weighted by molar-refractivity contribution is 5.80. The second kappa shape index (κ2) is 8.84. The highest BCUT2D eigenvalue weighted by atomic mass is 16.2. The summed E-state index contributed by atoms with van der Waals surface area (Å²) < 4.78 is 1.92. The molecule has 6 heteroatoms. The molecule has 0 radical (unpaired) electrons. The van der Waals surface area contributed by atoms with Crippen LogP contribution in [0.5, 0.6) is 0 Å². The van der Waals surface area contributed by atoms with Crippen molar-refractivity contribution in [1.29, 1.82) is 0 Å². The van der Waals surface area contributed by atoms with E-state index in [0.717, 1.165) is 61.4 Å². The minimum absolute atomic E-state index is 0.0507. The topological polar surface area (TPSA) is 62.5 Å². The molecule has 6 rings (SSSR count). The van der Waals surface area contributed by atoms with Crippen LogP contribution >= 0.6 is 0 Å². The number of hydrogen-bond donors (Lipinski definition) is 1. The molecule has 2 aromatic carbocycles. The van der Waals surface area contributed by atoms with Crippen LogP contribution in [-0.4, -0.2) is 33.6 Å². The molecule has 1 amide bonds. The lowest BCUT2D eigenvalue weighted by Gasteiger charge is -2.33. The van der Waals surface area contributed by atoms with Crippen molar-refractivity contribution in [2.75, 3.05) is 18.0 Å². The lowest BCUT2D eigenvalue weighted by atomic mass is 9.95. The molecule has 1 aliphatic carbocycles. The molecule has 1 unspecified atom stereocenters. The van der Waals surface area contributed by atoms with E-state index < -0.39 is 0 Å². The average Bonchev–Trinajstić information content (AvgIpc) is 3.50. The van der Waals surface area contributed by atoms with Crippen LogP contribution in [0, 0.1) is 19.8 Å². The molecule has 4 aromatic rings. The maximum atomic E-state index is 13.1. The second-order valence-corrected chi connectivity index (χ2v) is 9.97. The highest BCUT2D eigenvalue weighted by Crippen LogP contribution is 2.32. The number of benzene rings is 2. The number of aromatic nitrogens is 3. The summed E-state index contributed by atoms with van der Waals surface area (Å²) in [7, 11) is 0. The predicted molar refractivity (Wildman–Crippen MR) is 138 cm³/mol. The van der Waals surface area contributed by atoms with Crippen molar-refractivity contribution in [3.8, 4) is 11.3 Å². The van der Waals surface area contributed by atoms with E-state index in [4.69, 9.17) is 10.1 Å². The Morgan fingerprint density at radius 3 is 2.66 bits per heavy atom. The number of rotatable bonds is 4. The zero-order valence-electron chi connectivity index (χ0n) is 20.4. The first-order chi connectivity index (χ1) is 17.1. The molecule has 35 heavy (non-hydrogen) atoms. The number of carbonyl (C=O) groups is 1. The summed E-state index contributed by atoms with van der Waals surface area (Å²) >= 11 is 0. The number of nitrogens with zero attached hydrogens (tertiary/aromatic N) is 4. The molecule has 1 N–H and O–H groups in total. The van der Waals surface area contributed by atoms with Crippen LogP contribution in [0.1, 0.15) is 47.6 Å². The molecule has 1 aliphatic heterocycles. The number of carbonyl (C=O) groups excluding carboxylic acids is 1. The molecule has 1 saturated heterocycles. The number of amides is 1. The largest absolute Gasteiger partial charge is 0.355 e. The summed E-state index contributed by atoms with van der Waals surface area (Å²) in [5.41, 5.74) is 8.27. The summed E-state index contributed by atoms with van der Waals surface area (Å²) in [4.78, 5) is 20.1. The van der Waals surface area contributed by atoms with Gasteiger partial charge in [0.15, 0.2) is 5.82 Å². The van der Waals surface area contributed by atoms with E-state index in [2.05, 4.69) is 72.6 Å². The Morgan fingerprint density at radius 2 is 1.83 bits per heavy atom. The first kappa shape index (κ1) is 21.8. The summed E-state index contributed by atoms with van der Waals surface area (Å²) in [5.74, 6) is 1.19. The molecule has 0 saturated carbocycles. The Bertz CT molecular complexity index is 1400. The van der Waals surface area contributed by atoms with E-state index in [-0.39, 0.29) is 17.9 Å². The van der Waals surface area contributed by atoms with Crippen LogP contribution < -0.4 is 10.2 Å². The van der Waals surface area contributed by atoms with Crippen molar-refractivity contribution in [3.05, 3.63) is 83.2 Å². The fourth-order valence-corrected chi connectivity index (χ4v) is 5.54. The Labute approximate surface area is 206 Å². The predicted octanol–water partition coefficient (Wildman–Crippen LogP) is 5.03. The van der Waals surface area contributed by atoms with Crippen molar-refractivity contribution < 1.29 is 4.79 Å². The molecule has 0 bridgehead atoms. The van der Waals surface area contributed by atoms with Gasteiger partial charge in [-0.1, -0.05) is 36.4 Å². The van der Waals surface area contributed by atoms with Crippen LogP contribution in [0.4, 0.5) is 5.82 Å². The summed E-state index contributed by atoms with van der Waals surface area (Å²) in [6.07, 6.45) is 7.44. The van der Waals surface area contributed by atoms with E-state index in [1.807, 2.05) is 16.9 Å². The number of nitrogens with one attached hydrogen (secondary N) is 1. The first-order valence-corrected chi connectivity index (χ1v) is 12.6. The number of fused-ring (bicyclic) bond motifs is 2. The Balaban J connectivity index is 1.15. The van der Waals surface area contributed by atoms with Crippen molar-refractivity contribution >= 4 is 17.2 Å². The SMILES string of the molecule is Cc1ccc(-c2cc3c(N4CCC(C(=O)NC5CCc6ccccc65)CC4)nccn3n2)cc1C. The van der Waals surface area contributed by atoms with Gasteiger partial charge in [0.2, 0.25) is 5.91 Å².